The predicted molar refractivity (Wildman–Crippen MR) is 130 cm³/mol. The quantitative estimate of drug-likeness (QED) is 0.631. The van der Waals surface area contributed by atoms with E-state index in [9.17, 15) is 19.2 Å². The zero-order valence-electron chi connectivity index (χ0n) is 19.3. The first-order valence-electron chi connectivity index (χ1n) is 12.1. The van der Waals surface area contributed by atoms with Crippen LogP contribution in [-0.4, -0.2) is 35.1 Å². The number of thiophene rings is 1. The van der Waals surface area contributed by atoms with Gasteiger partial charge in [-0.15, -0.1) is 11.3 Å². The van der Waals surface area contributed by atoms with E-state index in [1.54, 1.807) is 24.3 Å². The van der Waals surface area contributed by atoms with Crippen molar-refractivity contribution in [2.24, 2.45) is 23.5 Å². The van der Waals surface area contributed by atoms with E-state index >= 15 is 0 Å². The number of fused-ring (bicyclic) bond motifs is 2. The molecule has 3 unspecified atom stereocenters. The molecule has 0 bridgehead atoms. The third-order valence-electron chi connectivity index (χ3n) is 7.54. The lowest BCUT2D eigenvalue weighted by Crippen LogP contribution is -2.41. The largest absolute Gasteiger partial charge is 0.365 e. The van der Waals surface area contributed by atoms with Crippen molar-refractivity contribution in [3.05, 3.63) is 51.4 Å². The van der Waals surface area contributed by atoms with E-state index in [-0.39, 0.29) is 36.1 Å². The number of nitrogens with one attached hydrogen (secondary N) is 1. The van der Waals surface area contributed by atoms with Gasteiger partial charge in [-0.2, -0.15) is 0 Å². The van der Waals surface area contributed by atoms with Crippen LogP contribution in [0, 0.1) is 17.8 Å². The van der Waals surface area contributed by atoms with E-state index in [1.807, 2.05) is 0 Å². The van der Waals surface area contributed by atoms with Crippen LogP contribution in [-0.2, 0) is 17.6 Å². The first-order chi connectivity index (χ1) is 16.3. The van der Waals surface area contributed by atoms with E-state index in [0.717, 1.165) is 49.0 Å². The van der Waals surface area contributed by atoms with E-state index in [1.165, 1.54) is 16.2 Å². The Balaban J connectivity index is 1.35. The van der Waals surface area contributed by atoms with Crippen LogP contribution < -0.4 is 11.1 Å². The normalized spacial score (nSPS) is 24.0. The van der Waals surface area contributed by atoms with Gasteiger partial charge in [0.1, 0.15) is 5.00 Å². The highest BCUT2D eigenvalue weighted by molar-refractivity contribution is 7.17. The van der Waals surface area contributed by atoms with Gasteiger partial charge in [0.05, 0.1) is 16.7 Å². The molecule has 1 aromatic heterocycles. The van der Waals surface area contributed by atoms with E-state index in [0.29, 0.717) is 34.0 Å². The van der Waals surface area contributed by atoms with Gasteiger partial charge in [0, 0.05) is 17.3 Å². The molecule has 1 aliphatic heterocycles. The van der Waals surface area contributed by atoms with Crippen LogP contribution in [0.2, 0.25) is 0 Å². The summed E-state index contributed by atoms with van der Waals surface area (Å²) >= 11 is 1.46. The van der Waals surface area contributed by atoms with Crippen LogP contribution in [0.5, 0.6) is 0 Å². The molecule has 34 heavy (non-hydrogen) atoms. The van der Waals surface area contributed by atoms with E-state index < -0.39 is 5.91 Å². The summed E-state index contributed by atoms with van der Waals surface area (Å²) in [5.41, 5.74) is 8.00. The fourth-order valence-electron chi connectivity index (χ4n) is 5.71. The van der Waals surface area contributed by atoms with E-state index in [2.05, 4.69) is 12.2 Å². The molecule has 3 N–H and O–H groups in total. The van der Waals surface area contributed by atoms with Crippen molar-refractivity contribution >= 4 is 40.0 Å². The SMILES string of the molecule is CC1CCc2c(sc(NC(=O)C3CCCCC3CN3C(=O)c4ccccc4C3=O)c2C(N)=O)C1. The van der Waals surface area contributed by atoms with E-state index in [4.69, 9.17) is 5.73 Å². The predicted octanol–water partition coefficient (Wildman–Crippen LogP) is 4.01. The Morgan fingerprint density at radius 1 is 1.09 bits per heavy atom. The Kier molecular flexibility index (Phi) is 6.02. The van der Waals surface area contributed by atoms with Crippen molar-refractivity contribution in [3.63, 3.8) is 0 Å². The van der Waals surface area contributed by atoms with Gasteiger partial charge in [-0.3, -0.25) is 24.1 Å². The number of nitrogens with two attached hydrogens (primary N) is 1. The summed E-state index contributed by atoms with van der Waals surface area (Å²) in [5.74, 6) is -1.16. The van der Waals surface area contributed by atoms with Gasteiger partial charge >= 0.3 is 0 Å². The Morgan fingerprint density at radius 2 is 1.76 bits per heavy atom. The molecule has 3 aliphatic rings. The molecule has 1 aromatic carbocycles. The zero-order chi connectivity index (χ0) is 24.0. The monoisotopic (exact) mass is 479 g/mol. The highest BCUT2D eigenvalue weighted by atomic mass is 32.1. The van der Waals surface area contributed by atoms with Crippen molar-refractivity contribution in [2.45, 2.75) is 51.9 Å². The number of benzene rings is 1. The van der Waals surface area contributed by atoms with Crippen LogP contribution in [0.1, 0.15) is 80.5 Å². The number of primary amides is 1. The fraction of sp³-hybridized carbons (Fsp3) is 0.462. The molecule has 0 radical (unpaired) electrons. The Labute approximate surface area is 202 Å². The second-order valence-electron chi connectivity index (χ2n) is 9.83. The molecule has 2 aromatic rings. The summed E-state index contributed by atoms with van der Waals surface area (Å²) < 4.78 is 0. The van der Waals surface area contributed by atoms with Crippen LogP contribution >= 0.6 is 11.3 Å². The van der Waals surface area contributed by atoms with Crippen molar-refractivity contribution < 1.29 is 19.2 Å². The number of hydrogen-bond donors (Lipinski definition) is 2. The van der Waals surface area contributed by atoms with Gasteiger partial charge in [0.2, 0.25) is 5.91 Å². The first-order valence-corrected chi connectivity index (χ1v) is 12.9. The molecule has 0 saturated heterocycles. The van der Waals surface area contributed by atoms with Crippen LogP contribution in [0.25, 0.3) is 0 Å². The van der Waals surface area contributed by atoms with Crippen molar-refractivity contribution in [1.29, 1.82) is 0 Å². The number of imide groups is 1. The van der Waals surface area contributed by atoms with Crippen molar-refractivity contribution in [1.82, 2.24) is 4.90 Å². The Bertz CT molecular complexity index is 1150. The molecule has 1 saturated carbocycles. The second-order valence-corrected chi connectivity index (χ2v) is 10.9. The number of nitrogens with zero attached hydrogens (tertiary/aromatic N) is 1. The maximum atomic E-state index is 13.4. The molecular weight excluding hydrogens is 450 g/mol. The van der Waals surface area contributed by atoms with Crippen LogP contribution in [0.15, 0.2) is 24.3 Å². The van der Waals surface area contributed by atoms with Gasteiger partial charge < -0.3 is 11.1 Å². The minimum atomic E-state index is -0.506. The summed E-state index contributed by atoms with van der Waals surface area (Å²) in [6.07, 6.45) is 6.02. The second kappa shape index (κ2) is 8.98. The Hall–Kier alpha value is -3.00. The van der Waals surface area contributed by atoms with Gasteiger partial charge in [-0.25, -0.2) is 0 Å². The molecule has 2 heterocycles. The van der Waals surface area contributed by atoms with Crippen LogP contribution in [0.3, 0.4) is 0 Å². The first kappa shape index (κ1) is 22.8. The van der Waals surface area contributed by atoms with Gasteiger partial charge in [-0.05, 0) is 61.6 Å². The molecule has 5 rings (SSSR count). The number of anilines is 1. The van der Waals surface area contributed by atoms with Crippen molar-refractivity contribution in [2.75, 3.05) is 11.9 Å². The van der Waals surface area contributed by atoms with Gasteiger partial charge in [0.15, 0.2) is 0 Å². The van der Waals surface area contributed by atoms with Gasteiger partial charge in [0.25, 0.3) is 17.7 Å². The summed E-state index contributed by atoms with van der Waals surface area (Å²) in [7, 11) is 0. The summed E-state index contributed by atoms with van der Waals surface area (Å²) in [6, 6.07) is 6.85. The molecule has 0 spiro atoms. The standard InChI is InChI=1S/C26H29N3O4S/c1-14-10-11-19-20(12-14)34-24(21(19)22(27)30)28-23(31)16-7-3-2-6-15(16)13-29-25(32)17-8-4-5-9-18(17)26(29)33/h4-5,8-9,14-16H,2-3,6-7,10-13H2,1H3,(H2,27,30)(H,28,31). The lowest BCUT2D eigenvalue weighted by atomic mass is 9.78. The molecule has 4 amide bonds. The summed E-state index contributed by atoms with van der Waals surface area (Å²) in [5, 5.41) is 3.56. The molecule has 178 valence electrons. The third kappa shape index (κ3) is 3.94. The molecule has 3 atom stereocenters. The zero-order valence-corrected chi connectivity index (χ0v) is 20.1. The average molecular weight is 480 g/mol. The van der Waals surface area contributed by atoms with Gasteiger partial charge in [-0.1, -0.05) is 31.9 Å². The highest BCUT2D eigenvalue weighted by Gasteiger charge is 2.40. The van der Waals surface area contributed by atoms with Crippen molar-refractivity contribution in [3.8, 4) is 0 Å². The third-order valence-corrected chi connectivity index (χ3v) is 8.71. The fourth-order valence-corrected chi connectivity index (χ4v) is 7.13. The Morgan fingerprint density at radius 3 is 2.44 bits per heavy atom. The highest BCUT2D eigenvalue weighted by Crippen LogP contribution is 2.41. The number of amides is 4. The number of carbonyl (C=O) groups is 4. The molecular formula is C26H29N3O4S. The van der Waals surface area contributed by atoms with Crippen LogP contribution in [0.4, 0.5) is 5.00 Å². The average Bonchev–Trinajstić information content (AvgIpc) is 3.29. The maximum absolute atomic E-state index is 13.4. The minimum absolute atomic E-state index is 0.123. The molecule has 1 fully saturated rings. The lowest BCUT2D eigenvalue weighted by molar-refractivity contribution is -0.122. The summed E-state index contributed by atoms with van der Waals surface area (Å²) in [6.45, 7) is 2.42. The summed E-state index contributed by atoms with van der Waals surface area (Å²) in [4.78, 5) is 53.9. The number of rotatable bonds is 5. The molecule has 7 nitrogen and oxygen atoms in total. The lowest BCUT2D eigenvalue weighted by Gasteiger charge is -2.32. The maximum Gasteiger partial charge on any atom is 0.261 e. The molecule has 2 aliphatic carbocycles. The smallest absolute Gasteiger partial charge is 0.261 e. The minimum Gasteiger partial charge on any atom is -0.365 e. The molecule has 8 heteroatoms. The number of hydrogen-bond acceptors (Lipinski definition) is 5. The number of carbonyl (C=O) groups excluding carboxylic acids is 4. The topological polar surface area (TPSA) is 110 Å².